The van der Waals surface area contributed by atoms with Gasteiger partial charge in [0, 0.05) is 0 Å². The molecule has 3 heteroatoms. The molecule has 0 aromatic heterocycles. The highest BCUT2D eigenvalue weighted by Crippen LogP contribution is 2.30. The van der Waals surface area contributed by atoms with Crippen LogP contribution in [0.25, 0.3) is 0 Å². The lowest BCUT2D eigenvalue weighted by Gasteiger charge is -2.37. The summed E-state index contributed by atoms with van der Waals surface area (Å²) in [6, 6.07) is 0. The largest absolute Gasteiger partial charge is 0.390 e. The second-order valence-corrected chi connectivity index (χ2v) is 7.53. The summed E-state index contributed by atoms with van der Waals surface area (Å²) < 4.78 is 0. The molecule has 0 saturated carbocycles. The molecule has 0 amide bonds. The molecule has 0 fully saturated rings. The molecule has 3 nitrogen and oxygen atoms in total. The first-order chi connectivity index (χ1) is 11.5. The van der Waals surface area contributed by atoms with Gasteiger partial charge < -0.3 is 15.3 Å². The van der Waals surface area contributed by atoms with Gasteiger partial charge >= 0.3 is 0 Å². The molecule has 146 valence electrons. The first kappa shape index (κ1) is 23.9. The Bertz CT molecular complexity index is 270. The van der Waals surface area contributed by atoms with Gasteiger partial charge in [0.15, 0.2) is 0 Å². The van der Waals surface area contributed by atoms with Crippen molar-refractivity contribution in [2.24, 2.45) is 0 Å². The van der Waals surface area contributed by atoms with Crippen LogP contribution in [0.3, 0.4) is 0 Å². The third-order valence-electron chi connectivity index (χ3n) is 5.25. The predicted molar refractivity (Wildman–Crippen MR) is 103 cm³/mol. The van der Waals surface area contributed by atoms with Crippen molar-refractivity contribution in [2.75, 3.05) is 0 Å². The minimum atomic E-state index is -1.33. The minimum Gasteiger partial charge on any atom is -0.390 e. The van der Waals surface area contributed by atoms with Crippen molar-refractivity contribution in [3.63, 3.8) is 0 Å². The first-order valence-electron chi connectivity index (χ1n) is 10.6. The molecule has 24 heavy (non-hydrogen) atoms. The Hall–Kier alpha value is -0.120. The summed E-state index contributed by atoms with van der Waals surface area (Å²) in [6.45, 7) is 6.49. The monoisotopic (exact) mass is 344 g/mol. The summed E-state index contributed by atoms with van der Waals surface area (Å²) in [5.41, 5.74) is -1.33. The number of unbranched alkanes of at least 4 members (excludes halogenated alkanes) is 9. The molecule has 0 heterocycles. The molecule has 0 aliphatic heterocycles. The van der Waals surface area contributed by atoms with E-state index in [1.807, 2.05) is 0 Å². The molecule has 0 aromatic carbocycles. The van der Waals surface area contributed by atoms with Crippen LogP contribution < -0.4 is 0 Å². The number of aliphatic hydroxyl groups excluding tert-OH is 2. The Kier molecular flexibility index (Phi) is 15.1. The van der Waals surface area contributed by atoms with Crippen molar-refractivity contribution in [1.29, 1.82) is 0 Å². The van der Waals surface area contributed by atoms with E-state index in [0.717, 1.165) is 51.4 Å². The van der Waals surface area contributed by atoms with E-state index in [9.17, 15) is 15.3 Å². The van der Waals surface area contributed by atoms with Crippen LogP contribution in [0.1, 0.15) is 117 Å². The SMILES string of the molecule is CCCCCCCC(O)(C(O)CCCCC)C(O)CCCCCC. The average molecular weight is 345 g/mol. The highest BCUT2D eigenvalue weighted by molar-refractivity contribution is 4.93. The van der Waals surface area contributed by atoms with E-state index in [-0.39, 0.29) is 0 Å². The lowest BCUT2D eigenvalue weighted by atomic mass is 9.80. The van der Waals surface area contributed by atoms with Crippen LogP contribution in [0.15, 0.2) is 0 Å². The number of hydrogen-bond acceptors (Lipinski definition) is 3. The van der Waals surface area contributed by atoms with Gasteiger partial charge in [0.25, 0.3) is 0 Å². The van der Waals surface area contributed by atoms with Gasteiger partial charge in [-0.25, -0.2) is 0 Å². The van der Waals surface area contributed by atoms with Crippen molar-refractivity contribution in [2.45, 2.75) is 135 Å². The highest BCUT2D eigenvalue weighted by atomic mass is 16.4. The minimum absolute atomic E-state index is 0.513. The Morgan fingerprint density at radius 3 is 1.46 bits per heavy atom. The molecule has 0 aliphatic rings. The van der Waals surface area contributed by atoms with Crippen LogP contribution in [0.4, 0.5) is 0 Å². The molecule has 0 aliphatic carbocycles. The molecule has 3 unspecified atom stereocenters. The Balaban J connectivity index is 4.53. The number of aliphatic hydroxyl groups is 3. The maximum absolute atomic E-state index is 11.1. The maximum atomic E-state index is 11.1. The van der Waals surface area contributed by atoms with Crippen LogP contribution >= 0.6 is 0 Å². The zero-order valence-corrected chi connectivity index (χ0v) is 16.6. The van der Waals surface area contributed by atoms with Crippen molar-refractivity contribution < 1.29 is 15.3 Å². The Morgan fingerprint density at radius 2 is 0.958 bits per heavy atom. The highest BCUT2D eigenvalue weighted by Gasteiger charge is 2.41. The van der Waals surface area contributed by atoms with Gasteiger partial charge in [0.2, 0.25) is 0 Å². The average Bonchev–Trinajstić information content (AvgIpc) is 2.58. The van der Waals surface area contributed by atoms with Crippen LogP contribution in [-0.2, 0) is 0 Å². The standard InChI is InChI=1S/C21H44O3/c1-4-7-10-12-15-18-21(24,19(22)16-13-9-6-3)20(23)17-14-11-8-5-2/h19-20,22-24H,4-18H2,1-3H3. The van der Waals surface area contributed by atoms with Crippen molar-refractivity contribution in [3.8, 4) is 0 Å². The molecule has 0 spiro atoms. The van der Waals surface area contributed by atoms with Gasteiger partial charge in [0.1, 0.15) is 5.60 Å². The summed E-state index contributed by atoms with van der Waals surface area (Å²) in [4.78, 5) is 0. The van der Waals surface area contributed by atoms with E-state index in [1.165, 1.54) is 25.7 Å². The number of rotatable bonds is 17. The number of hydrogen-bond donors (Lipinski definition) is 3. The van der Waals surface area contributed by atoms with Crippen LogP contribution in [0.2, 0.25) is 0 Å². The predicted octanol–water partition coefficient (Wildman–Crippen LogP) is 5.35. The molecule has 3 atom stereocenters. The van der Waals surface area contributed by atoms with Crippen LogP contribution in [0, 0.1) is 0 Å². The van der Waals surface area contributed by atoms with Gasteiger partial charge in [0.05, 0.1) is 12.2 Å². The maximum Gasteiger partial charge on any atom is 0.116 e. The van der Waals surface area contributed by atoms with Gasteiger partial charge in [-0.2, -0.15) is 0 Å². The lowest BCUT2D eigenvalue weighted by molar-refractivity contribution is -0.156. The normalized spacial score (nSPS) is 16.8. The fourth-order valence-corrected chi connectivity index (χ4v) is 3.42. The molecule has 0 saturated heterocycles. The van der Waals surface area contributed by atoms with E-state index in [1.54, 1.807) is 0 Å². The van der Waals surface area contributed by atoms with Crippen LogP contribution in [-0.4, -0.2) is 33.1 Å². The first-order valence-corrected chi connectivity index (χ1v) is 10.6. The fourth-order valence-electron chi connectivity index (χ4n) is 3.42. The third kappa shape index (κ3) is 10.0. The fraction of sp³-hybridized carbons (Fsp3) is 1.00. The van der Waals surface area contributed by atoms with E-state index >= 15 is 0 Å². The quantitative estimate of drug-likeness (QED) is 0.312. The zero-order chi connectivity index (χ0) is 18.3. The molecule has 0 rings (SSSR count). The van der Waals surface area contributed by atoms with E-state index in [0.29, 0.717) is 19.3 Å². The summed E-state index contributed by atoms with van der Waals surface area (Å²) in [6.07, 6.45) is 13.0. The second kappa shape index (κ2) is 15.2. The molecule has 3 N–H and O–H groups in total. The van der Waals surface area contributed by atoms with E-state index < -0.39 is 17.8 Å². The molecular weight excluding hydrogens is 300 g/mol. The third-order valence-corrected chi connectivity index (χ3v) is 5.25. The Morgan fingerprint density at radius 1 is 0.583 bits per heavy atom. The van der Waals surface area contributed by atoms with Crippen molar-refractivity contribution in [3.05, 3.63) is 0 Å². The molecular formula is C21H44O3. The molecule has 0 aromatic rings. The van der Waals surface area contributed by atoms with Gasteiger partial charge in [-0.15, -0.1) is 0 Å². The smallest absolute Gasteiger partial charge is 0.116 e. The van der Waals surface area contributed by atoms with Gasteiger partial charge in [-0.05, 0) is 19.3 Å². The summed E-state index contributed by atoms with van der Waals surface area (Å²) in [5, 5.41) is 32.2. The van der Waals surface area contributed by atoms with E-state index in [2.05, 4.69) is 20.8 Å². The molecule has 0 bridgehead atoms. The van der Waals surface area contributed by atoms with Crippen molar-refractivity contribution >= 4 is 0 Å². The van der Waals surface area contributed by atoms with Crippen LogP contribution in [0.5, 0.6) is 0 Å². The van der Waals surface area contributed by atoms with Gasteiger partial charge in [-0.3, -0.25) is 0 Å². The lowest BCUT2D eigenvalue weighted by Crippen LogP contribution is -2.52. The zero-order valence-electron chi connectivity index (χ0n) is 16.6. The Labute approximate surface area is 150 Å². The molecule has 0 radical (unpaired) electrons. The topological polar surface area (TPSA) is 60.7 Å². The second-order valence-electron chi connectivity index (χ2n) is 7.53. The summed E-state index contributed by atoms with van der Waals surface area (Å²) >= 11 is 0. The van der Waals surface area contributed by atoms with E-state index in [4.69, 9.17) is 0 Å². The summed E-state index contributed by atoms with van der Waals surface area (Å²) in [7, 11) is 0. The summed E-state index contributed by atoms with van der Waals surface area (Å²) in [5.74, 6) is 0. The van der Waals surface area contributed by atoms with Gasteiger partial charge in [-0.1, -0.05) is 97.8 Å². The van der Waals surface area contributed by atoms with Crippen molar-refractivity contribution in [1.82, 2.24) is 0 Å².